The number of aryl methyl sites for hydroxylation is 1. The summed E-state index contributed by atoms with van der Waals surface area (Å²) in [6.07, 6.45) is 3.62. The Hall–Kier alpha value is -2.43. The standard InChI is InChI=1S/C16H20N2O3/c1-11-5-13(10-17-8-11)18-9-12-6-14(19-2)16(21-4)15(7-12)20-3/h5-8,10,18H,9H2,1-4H3. The number of aromatic nitrogens is 1. The van der Waals surface area contributed by atoms with Crippen LogP contribution in [0.4, 0.5) is 5.69 Å². The number of anilines is 1. The second-order valence-corrected chi connectivity index (χ2v) is 4.64. The zero-order valence-corrected chi connectivity index (χ0v) is 12.8. The van der Waals surface area contributed by atoms with Gasteiger partial charge >= 0.3 is 0 Å². The number of pyridine rings is 1. The van der Waals surface area contributed by atoms with E-state index in [9.17, 15) is 0 Å². The van der Waals surface area contributed by atoms with Crippen molar-refractivity contribution in [3.05, 3.63) is 41.7 Å². The first-order valence-corrected chi connectivity index (χ1v) is 6.62. The summed E-state index contributed by atoms with van der Waals surface area (Å²) >= 11 is 0. The molecule has 2 aromatic rings. The Balaban J connectivity index is 2.20. The van der Waals surface area contributed by atoms with Crippen LogP contribution in [0.3, 0.4) is 0 Å². The molecule has 5 heteroatoms. The molecule has 5 nitrogen and oxygen atoms in total. The van der Waals surface area contributed by atoms with Gasteiger partial charge in [0.25, 0.3) is 0 Å². The smallest absolute Gasteiger partial charge is 0.203 e. The number of nitrogens with one attached hydrogen (secondary N) is 1. The zero-order chi connectivity index (χ0) is 15.2. The third-order valence-corrected chi connectivity index (χ3v) is 3.10. The molecule has 1 heterocycles. The van der Waals surface area contributed by atoms with Crippen molar-refractivity contribution < 1.29 is 14.2 Å². The van der Waals surface area contributed by atoms with Crippen molar-refractivity contribution in [2.24, 2.45) is 0 Å². The number of nitrogens with zero attached hydrogens (tertiary/aromatic N) is 1. The predicted molar refractivity (Wildman–Crippen MR) is 82.4 cm³/mol. The average molecular weight is 288 g/mol. The van der Waals surface area contributed by atoms with Crippen molar-refractivity contribution in [2.45, 2.75) is 13.5 Å². The van der Waals surface area contributed by atoms with Gasteiger partial charge in [0.2, 0.25) is 5.75 Å². The van der Waals surface area contributed by atoms with Crippen LogP contribution >= 0.6 is 0 Å². The van der Waals surface area contributed by atoms with Crippen LogP contribution in [0.1, 0.15) is 11.1 Å². The van der Waals surface area contributed by atoms with E-state index in [2.05, 4.69) is 10.3 Å². The van der Waals surface area contributed by atoms with Crippen LogP contribution in [-0.2, 0) is 6.54 Å². The molecule has 0 saturated carbocycles. The molecule has 112 valence electrons. The van der Waals surface area contributed by atoms with Crippen LogP contribution in [-0.4, -0.2) is 26.3 Å². The van der Waals surface area contributed by atoms with Gasteiger partial charge in [-0.2, -0.15) is 0 Å². The molecule has 0 atom stereocenters. The van der Waals surface area contributed by atoms with Gasteiger partial charge in [-0.3, -0.25) is 4.98 Å². The number of methoxy groups -OCH3 is 3. The molecule has 1 aromatic carbocycles. The van der Waals surface area contributed by atoms with E-state index in [1.807, 2.05) is 31.3 Å². The van der Waals surface area contributed by atoms with Gasteiger partial charge in [0, 0.05) is 18.9 Å². The van der Waals surface area contributed by atoms with Crippen LogP contribution in [0.2, 0.25) is 0 Å². The van der Waals surface area contributed by atoms with Gasteiger partial charge < -0.3 is 19.5 Å². The van der Waals surface area contributed by atoms with E-state index in [0.29, 0.717) is 23.8 Å². The molecule has 0 spiro atoms. The van der Waals surface area contributed by atoms with Gasteiger partial charge in [0.15, 0.2) is 11.5 Å². The highest BCUT2D eigenvalue weighted by Crippen LogP contribution is 2.38. The van der Waals surface area contributed by atoms with E-state index in [4.69, 9.17) is 14.2 Å². The molecule has 0 radical (unpaired) electrons. The summed E-state index contributed by atoms with van der Waals surface area (Å²) in [5.41, 5.74) is 3.12. The largest absolute Gasteiger partial charge is 0.493 e. The van der Waals surface area contributed by atoms with Crippen molar-refractivity contribution in [3.63, 3.8) is 0 Å². The molecular formula is C16H20N2O3. The minimum atomic E-state index is 0.598. The maximum atomic E-state index is 5.35. The van der Waals surface area contributed by atoms with Crippen LogP contribution in [0.25, 0.3) is 0 Å². The molecule has 0 amide bonds. The molecule has 2 rings (SSSR count). The maximum Gasteiger partial charge on any atom is 0.203 e. The minimum Gasteiger partial charge on any atom is -0.493 e. The summed E-state index contributed by atoms with van der Waals surface area (Å²) in [6.45, 7) is 2.65. The van der Waals surface area contributed by atoms with E-state index in [1.54, 1.807) is 27.5 Å². The van der Waals surface area contributed by atoms with Crippen LogP contribution in [0, 0.1) is 6.92 Å². The van der Waals surface area contributed by atoms with Gasteiger partial charge in [-0.15, -0.1) is 0 Å². The molecule has 0 aliphatic heterocycles. The fraction of sp³-hybridized carbons (Fsp3) is 0.312. The highest BCUT2D eigenvalue weighted by molar-refractivity contribution is 5.54. The first-order chi connectivity index (χ1) is 10.2. The van der Waals surface area contributed by atoms with E-state index >= 15 is 0 Å². The van der Waals surface area contributed by atoms with E-state index in [1.165, 1.54) is 0 Å². The van der Waals surface area contributed by atoms with E-state index in [-0.39, 0.29) is 0 Å². The Morgan fingerprint density at radius 2 is 1.62 bits per heavy atom. The van der Waals surface area contributed by atoms with Gasteiger partial charge in [-0.1, -0.05) is 0 Å². The van der Waals surface area contributed by atoms with E-state index in [0.717, 1.165) is 16.8 Å². The Kier molecular flexibility index (Phi) is 4.87. The monoisotopic (exact) mass is 288 g/mol. The number of hydrogen-bond donors (Lipinski definition) is 1. The fourth-order valence-corrected chi connectivity index (χ4v) is 2.09. The zero-order valence-electron chi connectivity index (χ0n) is 12.8. The van der Waals surface area contributed by atoms with Crippen molar-refractivity contribution in [1.82, 2.24) is 4.98 Å². The van der Waals surface area contributed by atoms with Gasteiger partial charge in [-0.05, 0) is 36.2 Å². The second kappa shape index (κ2) is 6.83. The number of ether oxygens (including phenoxy) is 3. The Morgan fingerprint density at radius 1 is 0.952 bits per heavy atom. The lowest BCUT2D eigenvalue weighted by Gasteiger charge is -2.14. The van der Waals surface area contributed by atoms with E-state index < -0.39 is 0 Å². The minimum absolute atomic E-state index is 0.598. The van der Waals surface area contributed by atoms with Crippen LogP contribution in [0.5, 0.6) is 17.2 Å². The Bertz CT molecular complexity index is 589. The highest BCUT2D eigenvalue weighted by atomic mass is 16.5. The molecule has 0 fully saturated rings. The summed E-state index contributed by atoms with van der Waals surface area (Å²) < 4.78 is 16.0. The van der Waals surface area contributed by atoms with Gasteiger partial charge in [0.1, 0.15) is 0 Å². The first kappa shape index (κ1) is 15.0. The molecule has 0 saturated heterocycles. The summed E-state index contributed by atoms with van der Waals surface area (Å²) in [5.74, 6) is 1.90. The van der Waals surface area contributed by atoms with Crippen LogP contribution in [0.15, 0.2) is 30.6 Å². The lowest BCUT2D eigenvalue weighted by molar-refractivity contribution is 0.324. The molecule has 0 bridgehead atoms. The lowest BCUT2D eigenvalue weighted by Crippen LogP contribution is -2.02. The van der Waals surface area contributed by atoms with Crippen LogP contribution < -0.4 is 19.5 Å². The predicted octanol–water partition coefficient (Wildman–Crippen LogP) is 3.03. The molecular weight excluding hydrogens is 268 g/mol. The second-order valence-electron chi connectivity index (χ2n) is 4.64. The Labute approximate surface area is 124 Å². The Morgan fingerprint density at radius 3 is 2.14 bits per heavy atom. The van der Waals surface area contributed by atoms with Crippen molar-refractivity contribution in [2.75, 3.05) is 26.6 Å². The molecule has 0 aliphatic rings. The maximum absolute atomic E-state index is 5.35. The molecule has 1 N–H and O–H groups in total. The third-order valence-electron chi connectivity index (χ3n) is 3.10. The summed E-state index contributed by atoms with van der Waals surface area (Å²) in [6, 6.07) is 5.90. The number of benzene rings is 1. The molecule has 0 aliphatic carbocycles. The summed E-state index contributed by atoms with van der Waals surface area (Å²) in [4.78, 5) is 4.16. The average Bonchev–Trinajstić information content (AvgIpc) is 2.51. The summed E-state index contributed by atoms with van der Waals surface area (Å²) in [7, 11) is 4.81. The van der Waals surface area contributed by atoms with Crippen molar-refractivity contribution >= 4 is 5.69 Å². The molecule has 0 unspecified atom stereocenters. The lowest BCUT2D eigenvalue weighted by atomic mass is 10.1. The number of rotatable bonds is 6. The normalized spacial score (nSPS) is 10.1. The first-order valence-electron chi connectivity index (χ1n) is 6.62. The number of hydrogen-bond acceptors (Lipinski definition) is 5. The summed E-state index contributed by atoms with van der Waals surface area (Å²) in [5, 5.41) is 3.33. The third kappa shape index (κ3) is 3.56. The molecule has 1 aromatic heterocycles. The topological polar surface area (TPSA) is 52.6 Å². The van der Waals surface area contributed by atoms with Gasteiger partial charge in [-0.25, -0.2) is 0 Å². The van der Waals surface area contributed by atoms with Crippen molar-refractivity contribution in [3.8, 4) is 17.2 Å². The molecule has 21 heavy (non-hydrogen) atoms. The highest BCUT2D eigenvalue weighted by Gasteiger charge is 2.12. The van der Waals surface area contributed by atoms with Gasteiger partial charge in [0.05, 0.1) is 27.0 Å². The quantitative estimate of drug-likeness (QED) is 0.885. The van der Waals surface area contributed by atoms with Crippen molar-refractivity contribution in [1.29, 1.82) is 0 Å². The fourth-order valence-electron chi connectivity index (χ4n) is 2.09. The SMILES string of the molecule is COc1cc(CNc2cncc(C)c2)cc(OC)c1OC.